The van der Waals surface area contributed by atoms with Crippen LogP contribution in [0.4, 0.5) is 4.79 Å². The summed E-state index contributed by atoms with van der Waals surface area (Å²) in [6.45, 7) is 8.05. The summed E-state index contributed by atoms with van der Waals surface area (Å²) in [4.78, 5) is 20.2. The fraction of sp³-hybridized carbons (Fsp3) is 0.720. The van der Waals surface area contributed by atoms with Crippen molar-refractivity contribution in [3.8, 4) is 0 Å². The van der Waals surface area contributed by atoms with Crippen LogP contribution in [0.1, 0.15) is 62.5 Å². The zero-order valence-corrected chi connectivity index (χ0v) is 18.6. The summed E-state index contributed by atoms with van der Waals surface area (Å²) in [5, 5.41) is 3.27. The molecule has 2 atom stereocenters. The fourth-order valence-electron chi connectivity index (χ4n) is 6.43. The van der Waals surface area contributed by atoms with E-state index in [0.29, 0.717) is 18.1 Å². The molecular weight excluding hydrogens is 372 g/mol. The smallest absolute Gasteiger partial charge is 0.318 e. The van der Waals surface area contributed by atoms with Gasteiger partial charge in [0.2, 0.25) is 0 Å². The maximum Gasteiger partial charge on any atom is 0.318 e. The van der Waals surface area contributed by atoms with Gasteiger partial charge in [0.25, 0.3) is 0 Å². The van der Waals surface area contributed by atoms with Crippen LogP contribution < -0.4 is 5.32 Å². The minimum Gasteiger partial charge on any atom is -0.333 e. The van der Waals surface area contributed by atoms with Gasteiger partial charge in [-0.3, -0.25) is 4.90 Å². The topological polar surface area (TPSA) is 38.8 Å². The number of aryl methyl sites for hydroxylation is 1. The van der Waals surface area contributed by atoms with Crippen molar-refractivity contribution in [2.24, 2.45) is 0 Å². The van der Waals surface area contributed by atoms with E-state index >= 15 is 0 Å². The standard InChI is InChI=1S/C25H38N4O/c1-19-6-2-3-7-20(19)18-27-14-10-21(11-15-27)28-16-12-22(13-17-28)29-24-9-5-4-8-23(24)26-25(29)30/h2-3,6-7,21-24H,4-5,8-18H2,1H3,(H,26,30). The van der Waals surface area contributed by atoms with E-state index in [2.05, 4.69) is 51.2 Å². The largest absolute Gasteiger partial charge is 0.333 e. The minimum atomic E-state index is 0.217. The first kappa shape index (κ1) is 20.3. The number of nitrogens with one attached hydrogen (secondary N) is 1. The number of nitrogens with zero attached hydrogens (tertiary/aromatic N) is 3. The van der Waals surface area contributed by atoms with Gasteiger partial charge >= 0.3 is 6.03 Å². The molecule has 2 amide bonds. The number of rotatable bonds is 4. The van der Waals surface area contributed by atoms with Crippen molar-refractivity contribution >= 4 is 6.03 Å². The lowest BCUT2D eigenvalue weighted by molar-refractivity contribution is 0.0541. The first-order valence-electron chi connectivity index (χ1n) is 12.3. The molecular formula is C25H38N4O. The van der Waals surface area contributed by atoms with E-state index < -0.39 is 0 Å². The zero-order valence-electron chi connectivity index (χ0n) is 18.6. The lowest BCUT2D eigenvalue weighted by Gasteiger charge is -2.44. The number of amides is 2. The number of carbonyl (C=O) groups excluding carboxylic acids is 1. The van der Waals surface area contributed by atoms with Crippen LogP contribution in [-0.4, -0.2) is 71.1 Å². The van der Waals surface area contributed by atoms with Crippen LogP contribution in [0.2, 0.25) is 0 Å². The van der Waals surface area contributed by atoms with Gasteiger partial charge in [-0.15, -0.1) is 0 Å². The summed E-state index contributed by atoms with van der Waals surface area (Å²) in [5.74, 6) is 0. The van der Waals surface area contributed by atoms with Crippen LogP contribution in [0, 0.1) is 6.92 Å². The van der Waals surface area contributed by atoms with Crippen molar-refractivity contribution in [1.29, 1.82) is 0 Å². The van der Waals surface area contributed by atoms with Crippen LogP contribution >= 0.6 is 0 Å². The summed E-state index contributed by atoms with van der Waals surface area (Å²) in [5.41, 5.74) is 2.88. The summed E-state index contributed by atoms with van der Waals surface area (Å²) < 4.78 is 0. The Morgan fingerprint density at radius 1 is 0.900 bits per heavy atom. The van der Waals surface area contributed by atoms with Crippen molar-refractivity contribution in [1.82, 2.24) is 20.0 Å². The molecule has 4 aliphatic rings. The van der Waals surface area contributed by atoms with E-state index in [1.165, 1.54) is 62.7 Å². The Morgan fingerprint density at radius 3 is 2.37 bits per heavy atom. The van der Waals surface area contributed by atoms with Crippen LogP contribution in [0.5, 0.6) is 0 Å². The molecule has 1 aliphatic carbocycles. The highest BCUT2D eigenvalue weighted by Crippen LogP contribution is 2.33. The molecule has 1 aromatic carbocycles. The maximum atomic E-state index is 12.6. The summed E-state index contributed by atoms with van der Waals surface area (Å²) in [6.07, 6.45) is 9.80. The third kappa shape index (κ3) is 4.11. The lowest BCUT2D eigenvalue weighted by atomic mass is 9.89. The van der Waals surface area contributed by atoms with Crippen molar-refractivity contribution in [2.75, 3.05) is 26.2 Å². The molecule has 5 nitrogen and oxygen atoms in total. The van der Waals surface area contributed by atoms with Crippen molar-refractivity contribution in [2.45, 2.75) is 89.0 Å². The molecule has 5 heteroatoms. The number of piperidine rings is 2. The highest BCUT2D eigenvalue weighted by Gasteiger charge is 2.44. The van der Waals surface area contributed by atoms with Gasteiger partial charge in [0.15, 0.2) is 0 Å². The third-order valence-electron chi connectivity index (χ3n) is 8.25. The molecule has 1 saturated carbocycles. The van der Waals surface area contributed by atoms with E-state index in [-0.39, 0.29) is 6.03 Å². The van der Waals surface area contributed by atoms with E-state index in [9.17, 15) is 4.79 Å². The number of likely N-dealkylation sites (tertiary alicyclic amines) is 2. The molecule has 0 aromatic heterocycles. The van der Waals surface area contributed by atoms with Gasteiger partial charge in [-0.1, -0.05) is 37.1 Å². The summed E-state index contributed by atoms with van der Waals surface area (Å²) in [6, 6.07) is 11.1. The second-order valence-electron chi connectivity index (χ2n) is 10.0. The van der Waals surface area contributed by atoms with E-state index in [0.717, 1.165) is 38.5 Å². The molecule has 0 spiro atoms. The molecule has 0 radical (unpaired) electrons. The third-order valence-corrected chi connectivity index (χ3v) is 8.25. The molecule has 3 heterocycles. The Balaban J connectivity index is 1.10. The number of hydrogen-bond donors (Lipinski definition) is 1. The Labute approximate surface area is 181 Å². The number of urea groups is 1. The Hall–Kier alpha value is -1.59. The Kier molecular flexibility index (Phi) is 6.01. The average Bonchev–Trinajstić information content (AvgIpc) is 3.12. The highest BCUT2D eigenvalue weighted by molar-refractivity contribution is 5.78. The molecule has 164 valence electrons. The van der Waals surface area contributed by atoms with Crippen LogP contribution in [0.15, 0.2) is 24.3 Å². The van der Waals surface area contributed by atoms with Gasteiger partial charge in [-0.25, -0.2) is 4.79 Å². The molecule has 3 saturated heterocycles. The Morgan fingerprint density at radius 2 is 1.60 bits per heavy atom. The van der Waals surface area contributed by atoms with Crippen molar-refractivity contribution in [3.05, 3.63) is 35.4 Å². The first-order chi connectivity index (χ1) is 14.7. The lowest BCUT2D eigenvalue weighted by Crippen LogP contribution is -2.53. The highest BCUT2D eigenvalue weighted by atomic mass is 16.2. The van der Waals surface area contributed by atoms with Gasteiger partial charge in [-0.05, 0) is 69.7 Å². The summed E-state index contributed by atoms with van der Waals surface area (Å²) >= 11 is 0. The number of benzene rings is 1. The second-order valence-corrected chi connectivity index (χ2v) is 10.0. The fourth-order valence-corrected chi connectivity index (χ4v) is 6.43. The molecule has 4 fully saturated rings. The van der Waals surface area contributed by atoms with Gasteiger partial charge in [-0.2, -0.15) is 0 Å². The maximum absolute atomic E-state index is 12.6. The minimum absolute atomic E-state index is 0.217. The Bertz CT molecular complexity index is 736. The first-order valence-corrected chi connectivity index (χ1v) is 12.3. The van der Waals surface area contributed by atoms with Crippen molar-refractivity contribution < 1.29 is 4.79 Å². The predicted molar refractivity (Wildman–Crippen MR) is 120 cm³/mol. The van der Waals surface area contributed by atoms with Crippen LogP contribution in [-0.2, 0) is 6.54 Å². The van der Waals surface area contributed by atoms with Gasteiger partial charge in [0.1, 0.15) is 0 Å². The second kappa shape index (κ2) is 8.88. The molecule has 1 aromatic rings. The number of hydrogen-bond acceptors (Lipinski definition) is 3. The van der Waals surface area contributed by atoms with E-state index in [4.69, 9.17) is 0 Å². The molecule has 30 heavy (non-hydrogen) atoms. The molecule has 2 unspecified atom stereocenters. The van der Waals surface area contributed by atoms with Gasteiger partial charge in [0.05, 0.1) is 12.1 Å². The molecule has 0 bridgehead atoms. The molecule has 5 rings (SSSR count). The van der Waals surface area contributed by atoms with Crippen LogP contribution in [0.25, 0.3) is 0 Å². The average molecular weight is 411 g/mol. The molecule has 3 aliphatic heterocycles. The van der Waals surface area contributed by atoms with Crippen LogP contribution in [0.3, 0.4) is 0 Å². The monoisotopic (exact) mass is 410 g/mol. The SMILES string of the molecule is Cc1ccccc1CN1CCC(N2CCC(N3C(=O)NC4CCCCC43)CC2)CC1. The quantitative estimate of drug-likeness (QED) is 0.821. The number of carbonyl (C=O) groups is 1. The zero-order chi connectivity index (χ0) is 20.5. The van der Waals surface area contributed by atoms with E-state index in [1.54, 1.807) is 0 Å². The van der Waals surface area contributed by atoms with Gasteiger partial charge in [0, 0.05) is 31.7 Å². The molecule has 1 N–H and O–H groups in total. The number of fused-ring (bicyclic) bond motifs is 1. The normalized spacial score (nSPS) is 29.8. The van der Waals surface area contributed by atoms with Crippen molar-refractivity contribution in [3.63, 3.8) is 0 Å². The predicted octanol–water partition coefficient (Wildman–Crippen LogP) is 3.76. The summed E-state index contributed by atoms with van der Waals surface area (Å²) in [7, 11) is 0. The van der Waals surface area contributed by atoms with E-state index in [1.807, 2.05) is 0 Å². The van der Waals surface area contributed by atoms with Gasteiger partial charge < -0.3 is 15.1 Å².